The molecule has 0 unspecified atom stereocenters. The van der Waals surface area contributed by atoms with E-state index < -0.39 is 5.82 Å². The van der Waals surface area contributed by atoms with Gasteiger partial charge >= 0.3 is 0 Å². The van der Waals surface area contributed by atoms with Gasteiger partial charge in [-0.3, -0.25) is 4.79 Å². The summed E-state index contributed by atoms with van der Waals surface area (Å²) in [6.45, 7) is 2.59. The molecule has 1 aromatic rings. The summed E-state index contributed by atoms with van der Waals surface area (Å²) in [7, 11) is 0. The minimum absolute atomic E-state index is 0.0419. The highest BCUT2D eigenvalue weighted by Crippen LogP contribution is 2.11. The summed E-state index contributed by atoms with van der Waals surface area (Å²) in [4.78, 5) is 11.5. The number of halogens is 1. The molecule has 15 heavy (non-hydrogen) atoms. The summed E-state index contributed by atoms with van der Waals surface area (Å²) in [5, 5.41) is 2.64. The van der Waals surface area contributed by atoms with Crippen molar-refractivity contribution in [2.24, 2.45) is 0 Å². The summed E-state index contributed by atoms with van der Waals surface area (Å²) >= 11 is 0. The summed E-state index contributed by atoms with van der Waals surface area (Å²) in [5.41, 5.74) is 5.74. The molecule has 0 aromatic heterocycles. The Balaban J connectivity index is 2.65. The lowest BCUT2D eigenvalue weighted by Crippen LogP contribution is -2.25. The third-order valence-electron chi connectivity index (χ3n) is 2.05. The van der Waals surface area contributed by atoms with Gasteiger partial charge in [0.15, 0.2) is 0 Å². The number of hydrogen-bond donors (Lipinski definition) is 2. The Morgan fingerprint density at radius 1 is 1.53 bits per heavy atom. The highest BCUT2D eigenvalue weighted by atomic mass is 19.1. The Morgan fingerprint density at radius 2 is 2.27 bits per heavy atom. The maximum Gasteiger partial charge on any atom is 0.254 e. The van der Waals surface area contributed by atoms with E-state index in [0.29, 0.717) is 12.2 Å². The van der Waals surface area contributed by atoms with Crippen LogP contribution in [0.5, 0.6) is 0 Å². The third kappa shape index (κ3) is 3.23. The van der Waals surface area contributed by atoms with Crippen LogP contribution in [0.3, 0.4) is 0 Å². The zero-order chi connectivity index (χ0) is 11.3. The molecule has 0 aliphatic rings. The molecule has 1 amide bonds. The molecule has 0 bridgehead atoms. The number of amides is 1. The van der Waals surface area contributed by atoms with Crippen LogP contribution in [0.15, 0.2) is 18.2 Å². The number of nitrogen functional groups attached to an aromatic ring is 1. The normalized spacial score (nSPS) is 10.0. The maximum absolute atomic E-state index is 13.3. The van der Waals surface area contributed by atoms with Crippen LogP contribution in [0, 0.1) is 5.82 Å². The van der Waals surface area contributed by atoms with E-state index in [9.17, 15) is 9.18 Å². The Kier molecular flexibility index (Phi) is 4.09. The fraction of sp³-hybridized carbons (Fsp3) is 0.364. The highest BCUT2D eigenvalue weighted by molar-refractivity contribution is 5.94. The van der Waals surface area contributed by atoms with Gasteiger partial charge in [-0.25, -0.2) is 4.39 Å². The van der Waals surface area contributed by atoms with Gasteiger partial charge < -0.3 is 11.1 Å². The fourth-order valence-electron chi connectivity index (χ4n) is 1.19. The molecule has 0 radical (unpaired) electrons. The van der Waals surface area contributed by atoms with Gasteiger partial charge in [0.1, 0.15) is 5.82 Å². The van der Waals surface area contributed by atoms with Crippen molar-refractivity contribution in [1.29, 1.82) is 0 Å². The van der Waals surface area contributed by atoms with E-state index in [2.05, 4.69) is 5.32 Å². The average molecular weight is 210 g/mol. The summed E-state index contributed by atoms with van der Waals surface area (Å²) in [6.07, 6.45) is 1.88. The first-order valence-corrected chi connectivity index (χ1v) is 4.98. The highest BCUT2D eigenvalue weighted by Gasteiger charge is 2.10. The number of nitrogens with one attached hydrogen (secondary N) is 1. The summed E-state index contributed by atoms with van der Waals surface area (Å²) in [5.74, 6) is -0.968. The van der Waals surface area contributed by atoms with Crippen molar-refractivity contribution in [3.63, 3.8) is 0 Å². The van der Waals surface area contributed by atoms with Crippen LogP contribution < -0.4 is 11.1 Å². The van der Waals surface area contributed by atoms with Crippen LogP contribution in [0.2, 0.25) is 0 Å². The molecule has 0 spiro atoms. The lowest BCUT2D eigenvalue weighted by atomic mass is 10.2. The van der Waals surface area contributed by atoms with Crippen molar-refractivity contribution in [1.82, 2.24) is 5.32 Å². The number of carbonyl (C=O) groups excluding carboxylic acids is 1. The Bertz CT molecular complexity index is 352. The molecule has 0 saturated carbocycles. The van der Waals surface area contributed by atoms with Crippen molar-refractivity contribution in [2.75, 3.05) is 12.3 Å². The predicted octanol–water partition coefficient (Wildman–Crippen LogP) is 1.94. The molecule has 1 rings (SSSR count). The first kappa shape index (κ1) is 11.5. The standard InChI is InChI=1S/C11H15FN2O/c1-2-3-6-14-11(15)9-5-4-8(13)7-10(9)12/h4-5,7H,2-3,6,13H2,1H3,(H,14,15). The Hall–Kier alpha value is -1.58. The average Bonchev–Trinajstić information content (AvgIpc) is 2.17. The van der Waals surface area contributed by atoms with Crippen molar-refractivity contribution in [2.45, 2.75) is 19.8 Å². The maximum atomic E-state index is 13.3. The lowest BCUT2D eigenvalue weighted by Gasteiger charge is -2.05. The van der Waals surface area contributed by atoms with E-state index in [1.807, 2.05) is 6.92 Å². The molecule has 82 valence electrons. The molecule has 0 aliphatic heterocycles. The molecule has 3 N–H and O–H groups in total. The lowest BCUT2D eigenvalue weighted by molar-refractivity contribution is 0.0949. The third-order valence-corrected chi connectivity index (χ3v) is 2.05. The summed E-state index contributed by atoms with van der Waals surface area (Å²) in [6, 6.07) is 4.05. The van der Waals surface area contributed by atoms with Gasteiger partial charge in [0, 0.05) is 12.2 Å². The monoisotopic (exact) mass is 210 g/mol. The number of unbranched alkanes of at least 4 members (excludes halogenated alkanes) is 1. The van der Waals surface area contributed by atoms with Crippen LogP contribution in [0.4, 0.5) is 10.1 Å². The van der Waals surface area contributed by atoms with Crippen LogP contribution in [-0.4, -0.2) is 12.5 Å². The van der Waals surface area contributed by atoms with Gasteiger partial charge in [0.05, 0.1) is 5.56 Å². The second-order valence-corrected chi connectivity index (χ2v) is 3.35. The van der Waals surface area contributed by atoms with Crippen LogP contribution in [0.1, 0.15) is 30.1 Å². The minimum atomic E-state index is -0.580. The number of anilines is 1. The molecule has 3 nitrogen and oxygen atoms in total. The molecule has 0 fully saturated rings. The van der Waals surface area contributed by atoms with Crippen molar-refractivity contribution >= 4 is 11.6 Å². The second kappa shape index (κ2) is 5.34. The Labute approximate surface area is 88.5 Å². The largest absolute Gasteiger partial charge is 0.399 e. The van der Waals surface area contributed by atoms with Crippen molar-refractivity contribution in [3.05, 3.63) is 29.6 Å². The smallest absolute Gasteiger partial charge is 0.254 e. The molecule has 1 aromatic carbocycles. The SMILES string of the molecule is CCCCNC(=O)c1ccc(N)cc1F. The predicted molar refractivity (Wildman–Crippen MR) is 58.1 cm³/mol. The quantitative estimate of drug-likeness (QED) is 0.589. The molecule has 0 aliphatic carbocycles. The Morgan fingerprint density at radius 3 is 2.87 bits per heavy atom. The molecule has 4 heteroatoms. The van der Waals surface area contributed by atoms with Gasteiger partial charge in [-0.1, -0.05) is 13.3 Å². The van der Waals surface area contributed by atoms with E-state index in [1.54, 1.807) is 0 Å². The molecular formula is C11H15FN2O. The zero-order valence-corrected chi connectivity index (χ0v) is 8.72. The molecule has 0 saturated heterocycles. The topological polar surface area (TPSA) is 55.1 Å². The van der Waals surface area contributed by atoms with Crippen LogP contribution >= 0.6 is 0 Å². The van der Waals surface area contributed by atoms with Crippen molar-refractivity contribution < 1.29 is 9.18 Å². The van der Waals surface area contributed by atoms with Gasteiger partial charge in [0.2, 0.25) is 0 Å². The molecule has 0 heterocycles. The van der Waals surface area contributed by atoms with Crippen LogP contribution in [0.25, 0.3) is 0 Å². The minimum Gasteiger partial charge on any atom is -0.399 e. The van der Waals surface area contributed by atoms with Gasteiger partial charge in [-0.2, -0.15) is 0 Å². The molecular weight excluding hydrogens is 195 g/mol. The van der Waals surface area contributed by atoms with E-state index in [-0.39, 0.29) is 11.5 Å². The number of hydrogen-bond acceptors (Lipinski definition) is 2. The zero-order valence-electron chi connectivity index (χ0n) is 8.72. The molecule has 0 atom stereocenters. The first-order valence-electron chi connectivity index (χ1n) is 4.98. The summed E-state index contributed by atoms with van der Waals surface area (Å²) < 4.78 is 13.3. The number of benzene rings is 1. The van der Waals surface area contributed by atoms with E-state index >= 15 is 0 Å². The first-order chi connectivity index (χ1) is 7.15. The van der Waals surface area contributed by atoms with Gasteiger partial charge in [0.25, 0.3) is 5.91 Å². The number of carbonyl (C=O) groups is 1. The fourth-order valence-corrected chi connectivity index (χ4v) is 1.19. The van der Waals surface area contributed by atoms with Crippen LogP contribution in [-0.2, 0) is 0 Å². The number of nitrogens with two attached hydrogens (primary N) is 1. The van der Waals surface area contributed by atoms with Gasteiger partial charge in [-0.15, -0.1) is 0 Å². The number of rotatable bonds is 4. The van der Waals surface area contributed by atoms with E-state index in [4.69, 9.17) is 5.73 Å². The van der Waals surface area contributed by atoms with E-state index in [0.717, 1.165) is 18.9 Å². The van der Waals surface area contributed by atoms with Crippen molar-refractivity contribution in [3.8, 4) is 0 Å². The second-order valence-electron chi connectivity index (χ2n) is 3.35. The van der Waals surface area contributed by atoms with E-state index in [1.165, 1.54) is 12.1 Å². The van der Waals surface area contributed by atoms with Gasteiger partial charge in [-0.05, 0) is 24.6 Å².